The number of carboxylic acids is 1. The van der Waals surface area contributed by atoms with Crippen molar-refractivity contribution in [3.63, 3.8) is 0 Å². The van der Waals surface area contributed by atoms with E-state index in [1.165, 1.54) is 6.42 Å². The Morgan fingerprint density at radius 3 is 2.88 bits per heavy atom. The average Bonchev–Trinajstić information content (AvgIpc) is 2.27. The van der Waals surface area contributed by atoms with Gasteiger partial charge in [-0.3, -0.25) is 4.79 Å². The summed E-state index contributed by atoms with van der Waals surface area (Å²) in [5, 5.41) is 12.1. The van der Waals surface area contributed by atoms with Gasteiger partial charge in [0.15, 0.2) is 0 Å². The van der Waals surface area contributed by atoms with Crippen molar-refractivity contribution < 1.29 is 14.6 Å². The minimum Gasteiger partial charge on any atom is -0.481 e. The first-order valence-corrected chi connectivity index (χ1v) is 6.18. The van der Waals surface area contributed by atoms with Crippen LogP contribution >= 0.6 is 0 Å². The Hall–Kier alpha value is -0.545. The Bertz CT molecular complexity index is 217. The Kier molecular flexibility index (Phi) is 5.84. The van der Waals surface area contributed by atoms with Gasteiger partial charge in [0.2, 0.25) is 0 Å². The van der Waals surface area contributed by atoms with Crippen LogP contribution in [0.5, 0.6) is 0 Å². The van der Waals surface area contributed by atoms with E-state index in [1.54, 1.807) is 0 Å². The molecule has 0 spiro atoms. The molecule has 1 heterocycles. The molecule has 2 N–H and O–H groups in total. The molecule has 1 saturated heterocycles. The zero-order valence-electron chi connectivity index (χ0n) is 10.2. The molecular weight excluding hydrogens is 205 g/mol. The van der Waals surface area contributed by atoms with Crippen LogP contribution in [0.25, 0.3) is 0 Å². The predicted molar refractivity (Wildman–Crippen MR) is 64.8 cm³/mol. The van der Waals surface area contributed by atoms with Crippen LogP contribution < -0.4 is 5.32 Å². The smallest absolute Gasteiger partial charge is 0.305 e. The maximum atomic E-state index is 10.5. The highest BCUT2D eigenvalue weighted by molar-refractivity contribution is 6.30. The summed E-state index contributed by atoms with van der Waals surface area (Å²) < 4.78 is 5.52. The monoisotopic (exact) mass is 227 g/mol. The fraction of sp³-hybridized carbons (Fsp3) is 0.909. The van der Waals surface area contributed by atoms with Crippen molar-refractivity contribution in [2.75, 3.05) is 6.54 Å². The summed E-state index contributed by atoms with van der Waals surface area (Å²) in [5.74, 6) is 0.326. The van der Waals surface area contributed by atoms with Crippen LogP contribution in [0.4, 0.5) is 0 Å². The highest BCUT2D eigenvalue weighted by Gasteiger charge is 2.24. The SMILES string of the molecule is CCC(C)CNC1BOC(CC(=O)O)CC1. The number of hydrogen-bond donors (Lipinski definition) is 2. The van der Waals surface area contributed by atoms with Gasteiger partial charge in [-0.1, -0.05) is 20.3 Å². The number of hydrogen-bond acceptors (Lipinski definition) is 3. The molecule has 0 radical (unpaired) electrons. The van der Waals surface area contributed by atoms with Crippen LogP contribution in [-0.2, 0) is 9.45 Å². The molecule has 0 bridgehead atoms. The lowest BCUT2D eigenvalue weighted by atomic mass is 9.79. The van der Waals surface area contributed by atoms with Crippen molar-refractivity contribution in [3.8, 4) is 0 Å². The van der Waals surface area contributed by atoms with Crippen molar-refractivity contribution >= 4 is 13.5 Å². The second kappa shape index (κ2) is 6.91. The first-order valence-electron chi connectivity index (χ1n) is 6.18. The van der Waals surface area contributed by atoms with Gasteiger partial charge in [0.05, 0.1) is 12.5 Å². The average molecular weight is 227 g/mol. The number of carboxylic acid groups (broad SMARTS) is 1. The van der Waals surface area contributed by atoms with Crippen LogP contribution in [0.15, 0.2) is 0 Å². The molecule has 1 aliphatic heterocycles. The molecule has 0 aromatic heterocycles. The van der Waals surface area contributed by atoms with E-state index < -0.39 is 5.97 Å². The molecule has 3 atom stereocenters. The summed E-state index contributed by atoms with van der Waals surface area (Å²) in [6.45, 7) is 5.44. The second-order valence-corrected chi connectivity index (χ2v) is 4.75. The van der Waals surface area contributed by atoms with Crippen LogP contribution in [0.3, 0.4) is 0 Å². The Balaban J connectivity index is 2.14. The van der Waals surface area contributed by atoms with Gasteiger partial charge in [-0.25, -0.2) is 0 Å². The highest BCUT2D eigenvalue weighted by Crippen LogP contribution is 2.15. The lowest BCUT2D eigenvalue weighted by Crippen LogP contribution is -2.44. The van der Waals surface area contributed by atoms with Crippen molar-refractivity contribution in [3.05, 3.63) is 0 Å². The van der Waals surface area contributed by atoms with Gasteiger partial charge in [-0.2, -0.15) is 0 Å². The Morgan fingerprint density at radius 2 is 2.38 bits per heavy atom. The Labute approximate surface area is 98.0 Å². The number of rotatable bonds is 6. The van der Waals surface area contributed by atoms with Gasteiger partial charge in [0.25, 0.3) is 7.48 Å². The van der Waals surface area contributed by atoms with E-state index in [1.807, 2.05) is 0 Å². The lowest BCUT2D eigenvalue weighted by Gasteiger charge is -2.29. The Morgan fingerprint density at radius 1 is 1.62 bits per heavy atom. The van der Waals surface area contributed by atoms with Gasteiger partial charge in [0.1, 0.15) is 0 Å². The normalized spacial score (nSPS) is 27.1. The topological polar surface area (TPSA) is 58.6 Å². The van der Waals surface area contributed by atoms with Crippen molar-refractivity contribution in [2.45, 2.75) is 51.6 Å². The molecule has 92 valence electrons. The quantitative estimate of drug-likeness (QED) is 0.663. The third-order valence-electron chi connectivity index (χ3n) is 3.22. The molecular formula is C11H22BNO3. The fourth-order valence-electron chi connectivity index (χ4n) is 1.83. The molecule has 1 aliphatic rings. The predicted octanol–water partition coefficient (Wildman–Crippen LogP) is 0.953. The number of aliphatic carboxylic acids is 1. The second-order valence-electron chi connectivity index (χ2n) is 4.75. The molecule has 5 heteroatoms. The van der Waals surface area contributed by atoms with Crippen LogP contribution in [0.2, 0.25) is 0 Å². The van der Waals surface area contributed by atoms with E-state index in [0.717, 1.165) is 19.4 Å². The summed E-state index contributed by atoms with van der Waals surface area (Å²) in [6, 6.07) is 0. The summed E-state index contributed by atoms with van der Waals surface area (Å²) in [5.41, 5.74) is 0. The molecule has 16 heavy (non-hydrogen) atoms. The molecule has 4 nitrogen and oxygen atoms in total. The van der Waals surface area contributed by atoms with Gasteiger partial charge >= 0.3 is 5.97 Å². The fourth-order valence-corrected chi connectivity index (χ4v) is 1.83. The maximum absolute atomic E-state index is 10.5. The first kappa shape index (κ1) is 13.5. The van der Waals surface area contributed by atoms with E-state index in [9.17, 15) is 4.79 Å². The summed E-state index contributed by atoms with van der Waals surface area (Å²) in [4.78, 5) is 10.5. The van der Waals surface area contributed by atoms with E-state index >= 15 is 0 Å². The third-order valence-corrected chi connectivity index (χ3v) is 3.22. The minimum absolute atomic E-state index is 0.0841. The molecule has 1 rings (SSSR count). The molecule has 0 amide bonds. The van der Waals surface area contributed by atoms with E-state index in [-0.39, 0.29) is 12.5 Å². The number of nitrogens with one attached hydrogen (secondary N) is 1. The van der Waals surface area contributed by atoms with Crippen molar-refractivity contribution in [2.24, 2.45) is 5.92 Å². The summed E-state index contributed by atoms with van der Waals surface area (Å²) in [7, 11) is 0.647. The van der Waals surface area contributed by atoms with E-state index in [4.69, 9.17) is 9.76 Å². The molecule has 0 aliphatic carbocycles. The number of carbonyl (C=O) groups is 1. The standard InChI is InChI=1S/C11H22BNO3/c1-3-8(2)7-13-10-5-4-9(16-12-10)6-11(14)15/h8-10,12-13H,3-7H2,1-2H3,(H,14,15). The first-order chi connectivity index (χ1) is 7.61. The summed E-state index contributed by atoms with van der Waals surface area (Å²) in [6.07, 6.45) is 3.11. The molecule has 0 aromatic carbocycles. The zero-order valence-corrected chi connectivity index (χ0v) is 10.2. The van der Waals surface area contributed by atoms with Gasteiger partial charge in [-0.05, 0) is 25.3 Å². The summed E-state index contributed by atoms with van der Waals surface area (Å²) >= 11 is 0. The van der Waals surface area contributed by atoms with Crippen molar-refractivity contribution in [1.82, 2.24) is 5.32 Å². The molecule has 1 fully saturated rings. The lowest BCUT2D eigenvalue weighted by molar-refractivity contribution is -0.139. The van der Waals surface area contributed by atoms with E-state index in [2.05, 4.69) is 19.2 Å². The molecule has 0 saturated carbocycles. The zero-order chi connectivity index (χ0) is 12.0. The van der Waals surface area contributed by atoms with Crippen LogP contribution in [0.1, 0.15) is 39.5 Å². The third kappa shape index (κ3) is 4.99. The van der Waals surface area contributed by atoms with Crippen molar-refractivity contribution in [1.29, 1.82) is 0 Å². The van der Waals surface area contributed by atoms with Gasteiger partial charge in [-0.15, -0.1) is 0 Å². The maximum Gasteiger partial charge on any atom is 0.305 e. The minimum atomic E-state index is -0.768. The highest BCUT2D eigenvalue weighted by atomic mass is 16.4. The van der Waals surface area contributed by atoms with Crippen LogP contribution in [0, 0.1) is 5.92 Å². The van der Waals surface area contributed by atoms with Gasteiger partial charge < -0.3 is 15.1 Å². The van der Waals surface area contributed by atoms with E-state index in [0.29, 0.717) is 19.3 Å². The van der Waals surface area contributed by atoms with Crippen LogP contribution in [-0.4, -0.2) is 37.1 Å². The molecule has 3 unspecified atom stereocenters. The van der Waals surface area contributed by atoms with Gasteiger partial charge in [0, 0.05) is 5.94 Å². The molecule has 0 aromatic rings. The largest absolute Gasteiger partial charge is 0.481 e.